The van der Waals surface area contributed by atoms with Gasteiger partial charge in [-0.15, -0.1) is 0 Å². The molecule has 3 aromatic carbocycles. The minimum Gasteiger partial charge on any atom is -0.484 e. The molecular formula is C28H31BrN2O3. The molecule has 0 radical (unpaired) electrons. The van der Waals surface area contributed by atoms with Crippen LogP contribution in [0.25, 0.3) is 0 Å². The average molecular weight is 523 g/mol. The molecular weight excluding hydrogens is 492 g/mol. The van der Waals surface area contributed by atoms with Crippen LogP contribution in [0.2, 0.25) is 0 Å². The van der Waals surface area contributed by atoms with Crippen LogP contribution in [0.15, 0.2) is 83.3 Å². The van der Waals surface area contributed by atoms with E-state index < -0.39 is 6.04 Å². The van der Waals surface area contributed by atoms with Crippen LogP contribution in [-0.2, 0) is 22.6 Å². The Labute approximate surface area is 210 Å². The van der Waals surface area contributed by atoms with Gasteiger partial charge in [0.25, 0.3) is 5.91 Å². The van der Waals surface area contributed by atoms with Crippen molar-refractivity contribution in [3.05, 3.63) is 100 Å². The van der Waals surface area contributed by atoms with E-state index >= 15 is 0 Å². The van der Waals surface area contributed by atoms with E-state index in [4.69, 9.17) is 4.74 Å². The van der Waals surface area contributed by atoms with Crippen molar-refractivity contribution < 1.29 is 14.3 Å². The number of nitrogens with one attached hydrogen (secondary N) is 1. The summed E-state index contributed by atoms with van der Waals surface area (Å²) in [5, 5.41) is 2.98. The van der Waals surface area contributed by atoms with E-state index in [2.05, 4.69) is 21.2 Å². The molecule has 0 heterocycles. The molecule has 0 aliphatic carbocycles. The lowest BCUT2D eigenvalue weighted by Crippen LogP contribution is -2.51. The normalized spacial score (nSPS) is 11.5. The Morgan fingerprint density at radius 3 is 2.24 bits per heavy atom. The van der Waals surface area contributed by atoms with Gasteiger partial charge in [-0.2, -0.15) is 0 Å². The minimum absolute atomic E-state index is 0.153. The maximum absolute atomic E-state index is 13.5. The van der Waals surface area contributed by atoms with Crippen molar-refractivity contribution in [2.24, 2.45) is 0 Å². The highest BCUT2D eigenvalue weighted by molar-refractivity contribution is 9.10. The van der Waals surface area contributed by atoms with Gasteiger partial charge in [-0.25, -0.2) is 0 Å². The Kier molecular flexibility index (Phi) is 9.71. The molecule has 3 aromatic rings. The minimum atomic E-state index is -0.656. The van der Waals surface area contributed by atoms with Crippen molar-refractivity contribution in [3.63, 3.8) is 0 Å². The van der Waals surface area contributed by atoms with Crippen molar-refractivity contribution in [1.82, 2.24) is 10.2 Å². The van der Waals surface area contributed by atoms with Gasteiger partial charge in [0, 0.05) is 24.0 Å². The molecule has 34 heavy (non-hydrogen) atoms. The van der Waals surface area contributed by atoms with Crippen molar-refractivity contribution in [3.8, 4) is 5.75 Å². The van der Waals surface area contributed by atoms with Gasteiger partial charge in [0.1, 0.15) is 11.8 Å². The maximum Gasteiger partial charge on any atom is 0.261 e. The van der Waals surface area contributed by atoms with Crippen LogP contribution in [0.3, 0.4) is 0 Å². The summed E-state index contributed by atoms with van der Waals surface area (Å²) in [4.78, 5) is 28.4. The number of halogens is 1. The summed E-state index contributed by atoms with van der Waals surface area (Å²) in [5.74, 6) is 0.218. The van der Waals surface area contributed by atoms with E-state index in [1.165, 1.54) is 0 Å². The van der Waals surface area contributed by atoms with Gasteiger partial charge >= 0.3 is 0 Å². The highest BCUT2D eigenvalue weighted by atomic mass is 79.9. The Hall–Kier alpha value is -3.12. The standard InChI is InChI=1S/C28H31BrN2O3/c1-3-16-30-28(33)26(18-22-10-6-4-7-11-22)31(19-23-12-8-5-9-13-23)27(32)20-34-24-14-15-25(29)21(2)17-24/h4-15,17,26H,3,16,18-20H2,1-2H3,(H,30,33)/t26-/m0/s1. The second-order valence-corrected chi connectivity index (χ2v) is 9.06. The number of aryl methyl sites for hydroxylation is 1. The molecule has 0 aliphatic heterocycles. The van der Waals surface area contributed by atoms with Crippen LogP contribution in [0.1, 0.15) is 30.0 Å². The lowest BCUT2D eigenvalue weighted by molar-refractivity contribution is -0.142. The number of ether oxygens (including phenoxy) is 1. The van der Waals surface area contributed by atoms with Gasteiger partial charge in [-0.1, -0.05) is 83.5 Å². The third-order valence-corrected chi connectivity index (χ3v) is 6.40. The zero-order valence-corrected chi connectivity index (χ0v) is 21.3. The van der Waals surface area contributed by atoms with Crippen LogP contribution in [-0.4, -0.2) is 35.9 Å². The van der Waals surface area contributed by atoms with Gasteiger partial charge in [-0.3, -0.25) is 9.59 Å². The second-order valence-electron chi connectivity index (χ2n) is 8.20. The third-order valence-electron chi connectivity index (χ3n) is 5.51. The molecule has 0 aliphatic rings. The molecule has 0 saturated carbocycles. The maximum atomic E-state index is 13.5. The van der Waals surface area contributed by atoms with Crippen LogP contribution in [0.4, 0.5) is 0 Å². The molecule has 5 nitrogen and oxygen atoms in total. The molecule has 178 valence electrons. The highest BCUT2D eigenvalue weighted by Crippen LogP contribution is 2.22. The number of rotatable bonds is 11. The van der Waals surface area contributed by atoms with E-state index in [-0.39, 0.29) is 18.4 Å². The number of carbonyl (C=O) groups is 2. The van der Waals surface area contributed by atoms with E-state index in [9.17, 15) is 9.59 Å². The van der Waals surface area contributed by atoms with Crippen molar-refractivity contribution in [2.45, 2.75) is 39.3 Å². The molecule has 0 unspecified atom stereocenters. The Bertz CT molecular complexity index is 1070. The molecule has 0 aromatic heterocycles. The Morgan fingerprint density at radius 1 is 0.971 bits per heavy atom. The monoisotopic (exact) mass is 522 g/mol. The number of carbonyl (C=O) groups excluding carboxylic acids is 2. The molecule has 6 heteroatoms. The lowest BCUT2D eigenvalue weighted by Gasteiger charge is -2.31. The summed E-state index contributed by atoms with van der Waals surface area (Å²) >= 11 is 3.48. The van der Waals surface area contributed by atoms with Gasteiger partial charge in [0.2, 0.25) is 5.91 Å². The predicted molar refractivity (Wildman–Crippen MR) is 139 cm³/mol. The summed E-state index contributed by atoms with van der Waals surface area (Å²) in [6.45, 7) is 4.70. The van der Waals surface area contributed by atoms with Crippen molar-refractivity contribution in [1.29, 1.82) is 0 Å². The molecule has 1 atom stereocenters. The quantitative estimate of drug-likeness (QED) is 0.371. The summed E-state index contributed by atoms with van der Waals surface area (Å²) in [6, 6.07) is 24.5. The molecule has 2 amide bonds. The number of amides is 2. The first kappa shape index (κ1) is 25.5. The predicted octanol–water partition coefficient (Wildman–Crippen LogP) is 5.30. The fourth-order valence-corrected chi connectivity index (χ4v) is 3.88. The first-order valence-corrected chi connectivity index (χ1v) is 12.3. The highest BCUT2D eigenvalue weighted by Gasteiger charge is 2.30. The van der Waals surface area contributed by atoms with E-state index in [0.717, 1.165) is 27.6 Å². The van der Waals surface area contributed by atoms with Gasteiger partial charge in [0.15, 0.2) is 6.61 Å². The Morgan fingerprint density at radius 2 is 1.62 bits per heavy atom. The van der Waals surface area contributed by atoms with E-state index in [0.29, 0.717) is 25.3 Å². The zero-order valence-electron chi connectivity index (χ0n) is 19.7. The van der Waals surface area contributed by atoms with Gasteiger partial charge in [-0.05, 0) is 48.2 Å². The molecule has 1 N–H and O–H groups in total. The second kappa shape index (κ2) is 12.9. The molecule has 0 saturated heterocycles. The van der Waals surface area contributed by atoms with Crippen LogP contribution in [0, 0.1) is 6.92 Å². The van der Waals surface area contributed by atoms with Gasteiger partial charge in [0.05, 0.1) is 0 Å². The number of hydrogen-bond acceptors (Lipinski definition) is 3. The Balaban J connectivity index is 1.86. The topological polar surface area (TPSA) is 58.6 Å². The van der Waals surface area contributed by atoms with E-state index in [1.807, 2.05) is 92.7 Å². The van der Waals surface area contributed by atoms with Crippen LogP contribution < -0.4 is 10.1 Å². The lowest BCUT2D eigenvalue weighted by atomic mass is 10.0. The van der Waals surface area contributed by atoms with Crippen LogP contribution >= 0.6 is 15.9 Å². The fourth-order valence-electron chi connectivity index (χ4n) is 3.64. The average Bonchev–Trinajstić information content (AvgIpc) is 2.86. The zero-order chi connectivity index (χ0) is 24.3. The number of benzene rings is 3. The summed E-state index contributed by atoms with van der Waals surface area (Å²) in [6.07, 6.45) is 1.24. The molecule has 0 fully saturated rings. The fraction of sp³-hybridized carbons (Fsp3) is 0.286. The first-order chi connectivity index (χ1) is 16.5. The van der Waals surface area contributed by atoms with Gasteiger partial charge < -0.3 is 15.0 Å². The number of hydrogen-bond donors (Lipinski definition) is 1. The third kappa shape index (κ3) is 7.45. The largest absolute Gasteiger partial charge is 0.484 e. The first-order valence-electron chi connectivity index (χ1n) is 11.5. The van der Waals surface area contributed by atoms with E-state index in [1.54, 1.807) is 4.90 Å². The summed E-state index contributed by atoms with van der Waals surface area (Å²) in [7, 11) is 0. The molecule has 0 spiro atoms. The molecule has 0 bridgehead atoms. The van der Waals surface area contributed by atoms with Crippen LogP contribution in [0.5, 0.6) is 5.75 Å². The summed E-state index contributed by atoms with van der Waals surface area (Å²) < 4.78 is 6.82. The smallest absolute Gasteiger partial charge is 0.261 e. The molecule has 3 rings (SSSR count). The number of nitrogens with zero attached hydrogens (tertiary/aromatic N) is 1. The SMILES string of the molecule is CCCNC(=O)[C@H](Cc1ccccc1)N(Cc1ccccc1)C(=O)COc1ccc(Br)c(C)c1. The summed E-state index contributed by atoms with van der Waals surface area (Å²) in [5.41, 5.74) is 2.97. The van der Waals surface area contributed by atoms with Crippen molar-refractivity contribution in [2.75, 3.05) is 13.2 Å². The van der Waals surface area contributed by atoms with Crippen molar-refractivity contribution >= 4 is 27.7 Å².